The maximum atomic E-state index is 13.0. The van der Waals surface area contributed by atoms with Crippen LogP contribution in [-0.2, 0) is 9.59 Å². The molecule has 5 rings (SSSR count). The monoisotopic (exact) mass is 418 g/mol. The number of amides is 3. The third kappa shape index (κ3) is 3.63. The lowest BCUT2D eigenvalue weighted by Crippen LogP contribution is -2.47. The largest absolute Gasteiger partial charge is 0.342 e. The van der Waals surface area contributed by atoms with Gasteiger partial charge in [0, 0.05) is 25.2 Å². The lowest BCUT2D eigenvalue weighted by Gasteiger charge is -2.32. The standard InChI is InChI=1S/C22H22N6O3/c29-19(12-17-22(31)23-16-8-2-1-7-15(16)21(30)24-17)27-10-5-6-14(13-27)20-26-25-18-9-3-4-11-28(18)20/h1-4,7-9,11,14,17H,5-6,10,12-13H2,(H,23,31)(H,24,30)/t14-,17-/m0/s1. The van der Waals surface area contributed by atoms with Gasteiger partial charge in [-0.25, -0.2) is 0 Å². The number of hydrogen-bond donors (Lipinski definition) is 2. The van der Waals surface area contributed by atoms with Gasteiger partial charge >= 0.3 is 0 Å². The van der Waals surface area contributed by atoms with Gasteiger partial charge in [-0.2, -0.15) is 0 Å². The van der Waals surface area contributed by atoms with Crippen LogP contribution in [0.4, 0.5) is 5.69 Å². The zero-order valence-electron chi connectivity index (χ0n) is 16.8. The van der Waals surface area contributed by atoms with E-state index in [1.165, 1.54) is 0 Å². The summed E-state index contributed by atoms with van der Waals surface area (Å²) in [6.45, 7) is 1.13. The van der Waals surface area contributed by atoms with Crippen LogP contribution >= 0.6 is 0 Å². The molecule has 2 aliphatic rings. The highest BCUT2D eigenvalue weighted by Crippen LogP contribution is 2.27. The first-order valence-electron chi connectivity index (χ1n) is 10.4. The molecule has 31 heavy (non-hydrogen) atoms. The van der Waals surface area contributed by atoms with Gasteiger partial charge in [-0.05, 0) is 37.1 Å². The summed E-state index contributed by atoms with van der Waals surface area (Å²) in [7, 11) is 0. The number of anilines is 1. The number of carbonyl (C=O) groups is 3. The highest BCUT2D eigenvalue weighted by molar-refractivity contribution is 6.10. The van der Waals surface area contributed by atoms with Crippen molar-refractivity contribution in [2.75, 3.05) is 18.4 Å². The molecule has 1 aromatic carbocycles. The molecule has 0 bridgehead atoms. The van der Waals surface area contributed by atoms with Crippen LogP contribution in [0.5, 0.6) is 0 Å². The van der Waals surface area contributed by atoms with E-state index in [1.54, 1.807) is 29.2 Å². The van der Waals surface area contributed by atoms with Gasteiger partial charge in [0.05, 0.1) is 17.7 Å². The molecule has 0 unspecified atom stereocenters. The Morgan fingerprint density at radius 1 is 1.10 bits per heavy atom. The molecule has 1 saturated heterocycles. The Hall–Kier alpha value is -3.75. The minimum Gasteiger partial charge on any atom is -0.342 e. The Kier molecular flexibility index (Phi) is 4.85. The summed E-state index contributed by atoms with van der Waals surface area (Å²) in [5, 5.41) is 14.0. The van der Waals surface area contributed by atoms with Crippen LogP contribution in [0.15, 0.2) is 48.7 Å². The average Bonchev–Trinajstić information content (AvgIpc) is 3.18. The summed E-state index contributed by atoms with van der Waals surface area (Å²) in [6, 6.07) is 11.6. The maximum absolute atomic E-state index is 13.0. The fourth-order valence-corrected chi connectivity index (χ4v) is 4.31. The van der Waals surface area contributed by atoms with Gasteiger partial charge in [-0.3, -0.25) is 18.8 Å². The van der Waals surface area contributed by atoms with Gasteiger partial charge in [0.1, 0.15) is 11.9 Å². The van der Waals surface area contributed by atoms with Crippen LogP contribution in [-0.4, -0.2) is 56.4 Å². The van der Waals surface area contributed by atoms with Gasteiger partial charge in [0.15, 0.2) is 5.65 Å². The number of likely N-dealkylation sites (tertiary alicyclic amines) is 1. The smallest absolute Gasteiger partial charge is 0.254 e. The summed E-state index contributed by atoms with van der Waals surface area (Å²) in [6.07, 6.45) is 3.59. The van der Waals surface area contributed by atoms with Crippen LogP contribution in [0, 0.1) is 0 Å². The fraction of sp³-hybridized carbons (Fsp3) is 0.318. The minimum absolute atomic E-state index is 0.0666. The molecule has 2 N–H and O–H groups in total. The number of fused-ring (bicyclic) bond motifs is 2. The molecule has 9 heteroatoms. The van der Waals surface area contributed by atoms with E-state index in [1.807, 2.05) is 28.8 Å². The lowest BCUT2D eigenvalue weighted by molar-refractivity contribution is -0.134. The van der Waals surface area contributed by atoms with E-state index in [9.17, 15) is 14.4 Å². The molecular formula is C22H22N6O3. The normalized spacial score (nSPS) is 21.2. The Balaban J connectivity index is 1.29. The number of hydrogen-bond acceptors (Lipinski definition) is 5. The van der Waals surface area contributed by atoms with Crippen molar-refractivity contribution in [1.82, 2.24) is 24.8 Å². The molecule has 9 nitrogen and oxygen atoms in total. The molecule has 0 spiro atoms. The molecule has 158 valence electrons. The Bertz CT molecular complexity index is 1170. The molecular weight excluding hydrogens is 396 g/mol. The van der Waals surface area contributed by atoms with Gasteiger partial charge in [0.25, 0.3) is 5.91 Å². The van der Waals surface area contributed by atoms with Crippen molar-refractivity contribution in [2.45, 2.75) is 31.2 Å². The van der Waals surface area contributed by atoms with Crippen molar-refractivity contribution in [3.8, 4) is 0 Å². The number of pyridine rings is 1. The third-order valence-corrected chi connectivity index (χ3v) is 5.91. The van der Waals surface area contributed by atoms with Crippen LogP contribution in [0.3, 0.4) is 0 Å². The quantitative estimate of drug-likeness (QED) is 0.671. The highest BCUT2D eigenvalue weighted by Gasteiger charge is 2.33. The Labute approximate surface area is 178 Å². The number of rotatable bonds is 3. The van der Waals surface area contributed by atoms with E-state index in [4.69, 9.17) is 0 Å². The number of carbonyl (C=O) groups excluding carboxylic acids is 3. The molecule has 1 fully saturated rings. The van der Waals surface area contributed by atoms with Crippen LogP contribution in [0.1, 0.15) is 41.4 Å². The predicted octanol–water partition coefficient (Wildman–Crippen LogP) is 1.58. The number of piperidine rings is 1. The van der Waals surface area contributed by atoms with Gasteiger partial charge in [0.2, 0.25) is 11.8 Å². The molecule has 0 aliphatic carbocycles. The zero-order chi connectivity index (χ0) is 21.4. The SMILES string of the molecule is O=C1N[C@@H](CC(=O)N2CCC[C@H](c3nnc4ccccn34)C2)C(=O)Nc2ccccc21. The van der Waals surface area contributed by atoms with Gasteiger partial charge in [-0.15, -0.1) is 10.2 Å². The van der Waals surface area contributed by atoms with Crippen LogP contribution in [0.25, 0.3) is 5.65 Å². The number of para-hydroxylation sites is 1. The predicted molar refractivity (Wildman–Crippen MR) is 112 cm³/mol. The molecule has 4 heterocycles. The highest BCUT2D eigenvalue weighted by atomic mass is 16.2. The molecule has 2 atom stereocenters. The number of aromatic nitrogens is 3. The van der Waals surface area contributed by atoms with Crippen LogP contribution < -0.4 is 10.6 Å². The Morgan fingerprint density at radius 3 is 2.84 bits per heavy atom. The second-order valence-corrected chi connectivity index (χ2v) is 7.93. The third-order valence-electron chi connectivity index (χ3n) is 5.91. The van der Waals surface area contributed by atoms with Crippen LogP contribution in [0.2, 0.25) is 0 Å². The maximum Gasteiger partial charge on any atom is 0.254 e. The van der Waals surface area contributed by atoms with E-state index >= 15 is 0 Å². The van der Waals surface area contributed by atoms with Gasteiger partial charge < -0.3 is 15.5 Å². The fourth-order valence-electron chi connectivity index (χ4n) is 4.31. The number of benzene rings is 1. The minimum atomic E-state index is -0.915. The molecule has 3 amide bonds. The first-order chi connectivity index (χ1) is 15.1. The molecule has 3 aromatic rings. The van der Waals surface area contributed by atoms with Crippen molar-refractivity contribution < 1.29 is 14.4 Å². The number of nitrogens with one attached hydrogen (secondary N) is 2. The number of nitrogens with zero attached hydrogens (tertiary/aromatic N) is 4. The van der Waals surface area contributed by atoms with Gasteiger partial charge in [-0.1, -0.05) is 18.2 Å². The zero-order valence-corrected chi connectivity index (χ0v) is 16.8. The van der Waals surface area contributed by atoms with Crippen molar-refractivity contribution in [2.24, 2.45) is 0 Å². The topological polar surface area (TPSA) is 109 Å². The van der Waals surface area contributed by atoms with E-state index in [0.29, 0.717) is 24.3 Å². The van der Waals surface area contributed by atoms with Crippen molar-refractivity contribution in [1.29, 1.82) is 0 Å². The second kappa shape index (κ2) is 7.82. The average molecular weight is 418 g/mol. The first-order valence-corrected chi connectivity index (χ1v) is 10.4. The van der Waals surface area contributed by atoms with Crippen molar-refractivity contribution >= 4 is 29.1 Å². The molecule has 2 aliphatic heterocycles. The van der Waals surface area contributed by atoms with E-state index in [0.717, 1.165) is 24.3 Å². The molecule has 0 saturated carbocycles. The van der Waals surface area contributed by atoms with Crippen molar-refractivity contribution in [3.05, 3.63) is 60.0 Å². The Morgan fingerprint density at radius 2 is 1.94 bits per heavy atom. The second-order valence-electron chi connectivity index (χ2n) is 7.93. The molecule has 2 aromatic heterocycles. The van der Waals surface area contributed by atoms with E-state index in [2.05, 4.69) is 20.8 Å². The summed E-state index contributed by atoms with van der Waals surface area (Å²) in [4.78, 5) is 39.9. The summed E-state index contributed by atoms with van der Waals surface area (Å²) < 4.78 is 1.95. The first kappa shape index (κ1) is 19.2. The lowest BCUT2D eigenvalue weighted by atomic mass is 9.96. The van der Waals surface area contributed by atoms with E-state index in [-0.39, 0.29) is 30.1 Å². The summed E-state index contributed by atoms with van der Waals surface area (Å²) >= 11 is 0. The molecule has 0 radical (unpaired) electrons. The summed E-state index contributed by atoms with van der Waals surface area (Å²) in [5.74, 6) is -0.00671. The van der Waals surface area contributed by atoms with E-state index < -0.39 is 6.04 Å². The summed E-state index contributed by atoms with van der Waals surface area (Å²) in [5.41, 5.74) is 1.62. The van der Waals surface area contributed by atoms with Crippen molar-refractivity contribution in [3.63, 3.8) is 0 Å².